The molecule has 114 valence electrons. The molecule has 21 heavy (non-hydrogen) atoms. The minimum absolute atomic E-state index is 0.0112. The van der Waals surface area contributed by atoms with E-state index >= 15 is 0 Å². The summed E-state index contributed by atoms with van der Waals surface area (Å²) in [4.78, 5) is 13.0. The zero-order valence-corrected chi connectivity index (χ0v) is 13.8. The summed E-state index contributed by atoms with van der Waals surface area (Å²) in [6.07, 6.45) is 7.75. The van der Waals surface area contributed by atoms with Gasteiger partial charge in [0.2, 0.25) is 0 Å². The molecule has 1 fully saturated rings. The number of nitrogens with one attached hydrogen (secondary N) is 2. The highest BCUT2D eigenvalue weighted by molar-refractivity contribution is 8.04. The number of thioether (sulfide) groups is 1. The zero-order valence-electron chi connectivity index (χ0n) is 12.2. The smallest absolute Gasteiger partial charge is 0.257 e. The van der Waals surface area contributed by atoms with Crippen molar-refractivity contribution in [3.8, 4) is 0 Å². The van der Waals surface area contributed by atoms with Crippen molar-refractivity contribution in [2.75, 3.05) is 18.8 Å². The van der Waals surface area contributed by atoms with Crippen LogP contribution >= 0.6 is 23.4 Å². The molecule has 0 spiro atoms. The highest BCUT2D eigenvalue weighted by atomic mass is 35.5. The van der Waals surface area contributed by atoms with Crippen molar-refractivity contribution < 1.29 is 4.79 Å². The van der Waals surface area contributed by atoms with E-state index in [0.717, 1.165) is 47.7 Å². The van der Waals surface area contributed by atoms with Gasteiger partial charge in [-0.25, -0.2) is 0 Å². The quantitative estimate of drug-likeness (QED) is 0.781. The maximum atomic E-state index is 12.2. The Hall–Kier alpha value is -0.970. The molecule has 2 aliphatic heterocycles. The third-order valence-electron chi connectivity index (χ3n) is 3.37. The van der Waals surface area contributed by atoms with Crippen LogP contribution in [-0.2, 0) is 4.79 Å². The van der Waals surface area contributed by atoms with Crippen molar-refractivity contribution in [2.45, 2.75) is 25.8 Å². The van der Waals surface area contributed by atoms with E-state index in [1.54, 1.807) is 0 Å². The molecule has 0 aromatic rings. The van der Waals surface area contributed by atoms with Crippen molar-refractivity contribution in [3.05, 3.63) is 45.9 Å². The minimum atomic E-state index is 0.0112. The Morgan fingerprint density at radius 2 is 2.38 bits per heavy atom. The largest absolute Gasteiger partial charge is 0.348 e. The number of amides is 1. The molecule has 0 saturated carbocycles. The first kappa shape index (κ1) is 16.4. The molecule has 0 radical (unpaired) electrons. The second-order valence-corrected chi connectivity index (χ2v) is 6.79. The Balaban J connectivity index is 1.97. The normalized spacial score (nSPS) is 24.9. The fraction of sp³-hybridized carbons (Fsp3) is 0.438. The molecule has 1 amide bonds. The van der Waals surface area contributed by atoms with Gasteiger partial charge >= 0.3 is 0 Å². The number of halogens is 1. The lowest BCUT2D eigenvalue weighted by Gasteiger charge is -2.23. The predicted octanol–water partition coefficient (Wildman–Crippen LogP) is 3.11. The number of hydrogen-bond acceptors (Lipinski definition) is 3. The van der Waals surface area contributed by atoms with Crippen LogP contribution in [0, 0.1) is 0 Å². The molecular formula is C16H21ClN2OS. The van der Waals surface area contributed by atoms with Crippen molar-refractivity contribution in [2.24, 2.45) is 0 Å². The van der Waals surface area contributed by atoms with Gasteiger partial charge in [0.05, 0.1) is 4.91 Å². The van der Waals surface area contributed by atoms with Crippen molar-refractivity contribution in [3.63, 3.8) is 0 Å². The van der Waals surface area contributed by atoms with Crippen LogP contribution in [0.5, 0.6) is 0 Å². The highest BCUT2D eigenvalue weighted by Crippen LogP contribution is 2.32. The molecule has 2 heterocycles. The first-order valence-electron chi connectivity index (χ1n) is 7.14. The van der Waals surface area contributed by atoms with Crippen molar-refractivity contribution in [1.82, 2.24) is 10.6 Å². The Morgan fingerprint density at radius 1 is 1.57 bits per heavy atom. The lowest BCUT2D eigenvalue weighted by molar-refractivity contribution is -0.117. The molecular weight excluding hydrogens is 304 g/mol. The first-order chi connectivity index (χ1) is 10.1. The van der Waals surface area contributed by atoms with Gasteiger partial charge in [-0.1, -0.05) is 29.8 Å². The molecule has 1 atom stereocenters. The average Bonchev–Trinajstić information content (AvgIpc) is 2.95. The Bertz CT molecular complexity index is 516. The SMILES string of the molecule is C=C(C)/C=C\C(Cl)=C1\C=C(C(=O)N[C@@H]2CCCNC2)SC1. The Morgan fingerprint density at radius 3 is 3.05 bits per heavy atom. The molecule has 2 rings (SSSR count). The summed E-state index contributed by atoms with van der Waals surface area (Å²) in [7, 11) is 0. The topological polar surface area (TPSA) is 41.1 Å². The van der Waals surface area contributed by atoms with Gasteiger partial charge in [-0.2, -0.15) is 0 Å². The van der Waals surface area contributed by atoms with E-state index < -0.39 is 0 Å². The summed E-state index contributed by atoms with van der Waals surface area (Å²) in [6.45, 7) is 7.62. The fourth-order valence-corrected chi connectivity index (χ4v) is 3.45. The van der Waals surface area contributed by atoms with Gasteiger partial charge in [-0.15, -0.1) is 11.8 Å². The number of rotatable bonds is 4. The number of carbonyl (C=O) groups excluding carboxylic acids is 1. The molecule has 0 aromatic carbocycles. The lowest BCUT2D eigenvalue weighted by Crippen LogP contribution is -2.45. The van der Waals surface area contributed by atoms with Crippen LogP contribution in [0.4, 0.5) is 0 Å². The molecule has 2 aliphatic rings. The Kier molecular flexibility index (Phi) is 6.15. The molecule has 0 bridgehead atoms. The fourth-order valence-electron chi connectivity index (χ4n) is 2.22. The molecule has 1 saturated heterocycles. The van der Waals surface area contributed by atoms with Crippen molar-refractivity contribution in [1.29, 1.82) is 0 Å². The number of piperidine rings is 1. The average molecular weight is 325 g/mol. The monoisotopic (exact) mass is 324 g/mol. The second-order valence-electron chi connectivity index (χ2n) is 5.37. The summed E-state index contributed by atoms with van der Waals surface area (Å²) in [5.41, 5.74) is 1.94. The van der Waals surface area contributed by atoms with Gasteiger partial charge in [-0.05, 0) is 44.0 Å². The van der Waals surface area contributed by atoms with E-state index in [-0.39, 0.29) is 11.9 Å². The third kappa shape index (κ3) is 5.06. The molecule has 5 heteroatoms. The standard InChI is InChI=1S/C16H21ClN2OS/c1-11(2)5-6-14(17)12-8-15(21-10-12)16(20)19-13-4-3-7-18-9-13/h5-6,8,13,18H,1,3-4,7,9-10H2,2H3,(H,19,20)/b6-5-,14-12+/t13-/m1/s1. The predicted molar refractivity (Wildman–Crippen MR) is 91.4 cm³/mol. The maximum absolute atomic E-state index is 12.2. The van der Waals surface area contributed by atoms with Gasteiger partial charge in [0, 0.05) is 23.4 Å². The summed E-state index contributed by atoms with van der Waals surface area (Å²) in [5, 5.41) is 7.05. The van der Waals surface area contributed by atoms with Crippen LogP contribution in [0.25, 0.3) is 0 Å². The number of hydrogen-bond donors (Lipinski definition) is 2. The van der Waals surface area contributed by atoms with E-state index in [4.69, 9.17) is 11.6 Å². The third-order valence-corrected chi connectivity index (χ3v) is 4.80. The summed E-state index contributed by atoms with van der Waals surface area (Å²) in [6, 6.07) is 0.236. The van der Waals surface area contributed by atoms with Crippen LogP contribution in [0.1, 0.15) is 19.8 Å². The molecule has 0 aliphatic carbocycles. The highest BCUT2D eigenvalue weighted by Gasteiger charge is 2.22. The number of allylic oxidation sites excluding steroid dienone is 5. The van der Waals surface area contributed by atoms with E-state index in [1.807, 2.05) is 25.2 Å². The van der Waals surface area contributed by atoms with Gasteiger partial charge in [0.15, 0.2) is 0 Å². The maximum Gasteiger partial charge on any atom is 0.257 e. The van der Waals surface area contributed by atoms with Crippen LogP contribution in [-0.4, -0.2) is 30.8 Å². The summed E-state index contributed by atoms with van der Waals surface area (Å²) < 4.78 is 0. The van der Waals surface area contributed by atoms with E-state index in [9.17, 15) is 4.79 Å². The van der Waals surface area contributed by atoms with Gasteiger partial charge in [0.1, 0.15) is 0 Å². The number of carbonyl (C=O) groups is 1. The van der Waals surface area contributed by atoms with Gasteiger partial charge in [-0.3, -0.25) is 4.79 Å². The van der Waals surface area contributed by atoms with Crippen LogP contribution in [0.3, 0.4) is 0 Å². The molecule has 3 nitrogen and oxygen atoms in total. The van der Waals surface area contributed by atoms with Gasteiger partial charge in [0.25, 0.3) is 5.91 Å². The van der Waals surface area contributed by atoms with Crippen LogP contribution < -0.4 is 10.6 Å². The molecule has 0 unspecified atom stereocenters. The molecule has 0 aromatic heterocycles. The van der Waals surface area contributed by atoms with E-state index in [1.165, 1.54) is 11.8 Å². The van der Waals surface area contributed by atoms with Crippen LogP contribution in [0.15, 0.2) is 45.9 Å². The first-order valence-corrected chi connectivity index (χ1v) is 8.51. The second kappa shape index (κ2) is 7.87. The summed E-state index contributed by atoms with van der Waals surface area (Å²) in [5.74, 6) is 0.752. The Labute approximate surface area is 135 Å². The van der Waals surface area contributed by atoms with E-state index in [2.05, 4.69) is 17.2 Å². The van der Waals surface area contributed by atoms with Crippen molar-refractivity contribution >= 4 is 29.3 Å². The van der Waals surface area contributed by atoms with Crippen LogP contribution in [0.2, 0.25) is 0 Å². The minimum Gasteiger partial charge on any atom is -0.348 e. The van der Waals surface area contributed by atoms with Gasteiger partial charge < -0.3 is 10.6 Å². The van der Waals surface area contributed by atoms with E-state index in [0.29, 0.717) is 5.03 Å². The molecule has 2 N–H and O–H groups in total. The lowest BCUT2D eigenvalue weighted by atomic mass is 10.1. The zero-order chi connectivity index (χ0) is 15.2. The summed E-state index contributed by atoms with van der Waals surface area (Å²) >= 11 is 7.78.